The average Bonchev–Trinajstić information content (AvgIpc) is 3.19. The van der Waals surface area contributed by atoms with E-state index in [0.29, 0.717) is 5.16 Å². The summed E-state index contributed by atoms with van der Waals surface area (Å²) in [4.78, 5) is 33.4. The highest BCUT2D eigenvalue weighted by molar-refractivity contribution is 7.99. The third-order valence-electron chi connectivity index (χ3n) is 3.29. The number of carbonyl (C=O) groups excluding carboxylic acids is 1. The smallest absolute Gasteiger partial charge is 0.326 e. The van der Waals surface area contributed by atoms with Crippen molar-refractivity contribution in [1.82, 2.24) is 14.9 Å². The molecule has 1 aromatic heterocycles. The molecule has 0 aromatic carbocycles. The monoisotopic (exact) mass is 309 g/mol. The third-order valence-corrected chi connectivity index (χ3v) is 4.12. The molecule has 1 aliphatic carbocycles. The molecule has 1 fully saturated rings. The fourth-order valence-corrected chi connectivity index (χ4v) is 2.99. The summed E-state index contributed by atoms with van der Waals surface area (Å²) in [6.07, 6.45) is 1.77. The Morgan fingerprint density at radius 3 is 2.43 bits per heavy atom. The van der Waals surface area contributed by atoms with Crippen LogP contribution in [0.5, 0.6) is 0 Å². The highest BCUT2D eigenvalue weighted by Gasteiger charge is 2.38. The van der Waals surface area contributed by atoms with Crippen molar-refractivity contribution in [2.24, 2.45) is 0 Å². The van der Waals surface area contributed by atoms with Crippen LogP contribution in [-0.4, -0.2) is 49.7 Å². The Kier molecular flexibility index (Phi) is 4.82. The standard InChI is InChI=1S/C14H19N3O3S/c1-8-6-9(2)16-14(15-8)21-7-12(18)17(11-4-5-11)10(3)13(19)20/h6,10-11H,4-5,7H2,1-3H3,(H,19,20). The van der Waals surface area contributed by atoms with Gasteiger partial charge in [0.1, 0.15) is 6.04 Å². The van der Waals surface area contributed by atoms with E-state index in [0.717, 1.165) is 24.2 Å². The molecule has 0 aliphatic heterocycles. The molecule has 0 spiro atoms. The lowest BCUT2D eigenvalue weighted by atomic mass is 10.2. The summed E-state index contributed by atoms with van der Waals surface area (Å²) in [5, 5.41) is 9.67. The van der Waals surface area contributed by atoms with Gasteiger partial charge in [-0.05, 0) is 39.7 Å². The first kappa shape index (κ1) is 15.8. The van der Waals surface area contributed by atoms with Crippen LogP contribution in [0.25, 0.3) is 0 Å². The summed E-state index contributed by atoms with van der Waals surface area (Å²) in [5.41, 5.74) is 1.71. The van der Waals surface area contributed by atoms with Crippen molar-refractivity contribution in [2.45, 2.75) is 50.9 Å². The Hall–Kier alpha value is -1.63. The van der Waals surface area contributed by atoms with Gasteiger partial charge in [-0.25, -0.2) is 14.8 Å². The van der Waals surface area contributed by atoms with E-state index in [9.17, 15) is 9.59 Å². The number of aromatic nitrogens is 2. The maximum atomic E-state index is 12.3. The van der Waals surface area contributed by atoms with Crippen LogP contribution in [0.4, 0.5) is 0 Å². The summed E-state index contributed by atoms with van der Waals surface area (Å²) in [7, 11) is 0. The summed E-state index contributed by atoms with van der Waals surface area (Å²) in [5.74, 6) is -0.972. The molecule has 1 unspecified atom stereocenters. The molecule has 0 bridgehead atoms. The van der Waals surface area contributed by atoms with Crippen molar-refractivity contribution < 1.29 is 14.7 Å². The minimum absolute atomic E-state index is 0.0735. The van der Waals surface area contributed by atoms with Crippen molar-refractivity contribution >= 4 is 23.6 Å². The number of carboxylic acids is 1. The highest BCUT2D eigenvalue weighted by Crippen LogP contribution is 2.30. The number of carbonyl (C=O) groups is 2. The maximum Gasteiger partial charge on any atom is 0.326 e. The predicted molar refractivity (Wildman–Crippen MR) is 79.2 cm³/mol. The first-order valence-corrected chi connectivity index (χ1v) is 7.86. The number of carboxylic acid groups (broad SMARTS) is 1. The lowest BCUT2D eigenvalue weighted by molar-refractivity contribution is -0.148. The number of nitrogens with zero attached hydrogens (tertiary/aromatic N) is 3. The molecule has 6 nitrogen and oxygen atoms in total. The first-order chi connectivity index (χ1) is 9.88. The average molecular weight is 309 g/mol. The SMILES string of the molecule is Cc1cc(C)nc(SCC(=O)N(C2CC2)C(C)C(=O)O)n1. The normalized spacial score (nSPS) is 15.6. The van der Waals surface area contributed by atoms with E-state index in [1.807, 2.05) is 19.9 Å². The molecule has 2 rings (SSSR count). The molecule has 1 heterocycles. The molecule has 0 saturated heterocycles. The number of hydrogen-bond donors (Lipinski definition) is 1. The predicted octanol–water partition coefficient (Wildman–Crippen LogP) is 1.65. The van der Waals surface area contributed by atoms with Crippen LogP contribution in [0.1, 0.15) is 31.2 Å². The lowest BCUT2D eigenvalue weighted by Gasteiger charge is -2.26. The minimum atomic E-state index is -0.970. The Morgan fingerprint density at radius 2 is 1.95 bits per heavy atom. The second-order valence-electron chi connectivity index (χ2n) is 5.27. The number of amides is 1. The Bertz CT molecular complexity index is 540. The zero-order valence-corrected chi connectivity index (χ0v) is 13.2. The molecule has 1 saturated carbocycles. The van der Waals surface area contributed by atoms with Gasteiger partial charge in [-0.1, -0.05) is 11.8 Å². The molecule has 1 amide bonds. The van der Waals surface area contributed by atoms with E-state index in [1.54, 1.807) is 6.92 Å². The van der Waals surface area contributed by atoms with Crippen LogP contribution >= 0.6 is 11.8 Å². The van der Waals surface area contributed by atoms with E-state index in [1.165, 1.54) is 16.7 Å². The van der Waals surface area contributed by atoms with Crippen LogP contribution in [0.15, 0.2) is 11.2 Å². The van der Waals surface area contributed by atoms with Crippen LogP contribution in [-0.2, 0) is 9.59 Å². The molecule has 0 radical (unpaired) electrons. The van der Waals surface area contributed by atoms with E-state index in [4.69, 9.17) is 5.11 Å². The topological polar surface area (TPSA) is 83.4 Å². The van der Waals surface area contributed by atoms with Crippen LogP contribution in [0.2, 0.25) is 0 Å². The van der Waals surface area contributed by atoms with Crippen molar-refractivity contribution in [3.05, 3.63) is 17.5 Å². The molecule has 1 atom stereocenters. The zero-order chi connectivity index (χ0) is 15.6. The van der Waals surface area contributed by atoms with Crippen LogP contribution in [0, 0.1) is 13.8 Å². The third kappa shape index (κ3) is 4.17. The molecule has 114 valence electrons. The molecular formula is C14H19N3O3S. The van der Waals surface area contributed by atoms with Gasteiger partial charge in [0.05, 0.1) is 5.75 Å². The number of thioether (sulfide) groups is 1. The summed E-state index contributed by atoms with van der Waals surface area (Å²) in [6.45, 7) is 5.31. The van der Waals surface area contributed by atoms with Gasteiger partial charge in [0.15, 0.2) is 5.16 Å². The molecule has 21 heavy (non-hydrogen) atoms. The fourth-order valence-electron chi connectivity index (χ4n) is 2.17. The van der Waals surface area contributed by atoms with Gasteiger partial charge in [0, 0.05) is 17.4 Å². The van der Waals surface area contributed by atoms with Crippen molar-refractivity contribution in [3.8, 4) is 0 Å². The Morgan fingerprint density at radius 1 is 1.38 bits per heavy atom. The number of aryl methyl sites for hydroxylation is 2. The summed E-state index contributed by atoms with van der Waals surface area (Å²) < 4.78 is 0. The summed E-state index contributed by atoms with van der Waals surface area (Å²) in [6, 6.07) is 1.16. The maximum absolute atomic E-state index is 12.3. The molecule has 1 aromatic rings. The minimum Gasteiger partial charge on any atom is -0.480 e. The van der Waals surface area contributed by atoms with Crippen molar-refractivity contribution in [3.63, 3.8) is 0 Å². The molecule has 1 aliphatic rings. The molecule has 7 heteroatoms. The van der Waals surface area contributed by atoms with Gasteiger partial charge in [0.25, 0.3) is 0 Å². The van der Waals surface area contributed by atoms with E-state index >= 15 is 0 Å². The molecular weight excluding hydrogens is 290 g/mol. The number of aliphatic carboxylic acids is 1. The van der Waals surface area contributed by atoms with Gasteiger partial charge in [0.2, 0.25) is 5.91 Å². The van der Waals surface area contributed by atoms with Crippen LogP contribution < -0.4 is 0 Å². The van der Waals surface area contributed by atoms with Gasteiger partial charge in [-0.3, -0.25) is 4.79 Å². The second-order valence-corrected chi connectivity index (χ2v) is 6.21. The lowest BCUT2D eigenvalue weighted by Crippen LogP contribution is -2.45. The van der Waals surface area contributed by atoms with Crippen LogP contribution in [0.3, 0.4) is 0 Å². The van der Waals surface area contributed by atoms with E-state index < -0.39 is 12.0 Å². The number of rotatable bonds is 6. The zero-order valence-electron chi connectivity index (χ0n) is 12.4. The fraction of sp³-hybridized carbons (Fsp3) is 0.571. The van der Waals surface area contributed by atoms with Gasteiger partial charge >= 0.3 is 5.97 Å². The Labute approximate surface area is 128 Å². The highest BCUT2D eigenvalue weighted by atomic mass is 32.2. The van der Waals surface area contributed by atoms with E-state index in [2.05, 4.69) is 9.97 Å². The quantitative estimate of drug-likeness (QED) is 0.635. The second kappa shape index (κ2) is 6.43. The van der Waals surface area contributed by atoms with Gasteiger partial charge in [-0.2, -0.15) is 0 Å². The number of hydrogen-bond acceptors (Lipinski definition) is 5. The largest absolute Gasteiger partial charge is 0.480 e. The van der Waals surface area contributed by atoms with Crippen molar-refractivity contribution in [2.75, 3.05) is 5.75 Å². The Balaban J connectivity index is 2.00. The van der Waals surface area contributed by atoms with Gasteiger partial charge < -0.3 is 10.0 Å². The van der Waals surface area contributed by atoms with Crippen molar-refractivity contribution in [1.29, 1.82) is 0 Å². The summed E-state index contributed by atoms with van der Waals surface area (Å²) >= 11 is 1.25. The van der Waals surface area contributed by atoms with Gasteiger partial charge in [-0.15, -0.1) is 0 Å². The first-order valence-electron chi connectivity index (χ1n) is 6.87. The van der Waals surface area contributed by atoms with E-state index in [-0.39, 0.29) is 17.7 Å². The molecule has 1 N–H and O–H groups in total.